The predicted octanol–water partition coefficient (Wildman–Crippen LogP) is 12.7. The SMILES string of the molecule is CCC1(CC)c2cc(-c3cc4ccccc4c4ccccc34)ccc2-c2ccc(-c3cc4ccccc4c4ccccc34)cc21. The number of benzene rings is 8. The molecule has 0 N–H and O–H groups in total. The molecule has 0 aliphatic heterocycles. The molecule has 0 radical (unpaired) electrons. The molecule has 8 aromatic carbocycles. The van der Waals surface area contributed by atoms with E-state index in [1.165, 1.54) is 87.6 Å². The van der Waals surface area contributed by atoms with E-state index in [1.807, 2.05) is 0 Å². The lowest BCUT2D eigenvalue weighted by atomic mass is 9.73. The molecule has 0 atom stereocenters. The van der Waals surface area contributed by atoms with E-state index in [0.717, 1.165) is 12.8 Å². The predicted molar refractivity (Wildman–Crippen MR) is 194 cm³/mol. The van der Waals surface area contributed by atoms with Crippen molar-refractivity contribution in [1.82, 2.24) is 0 Å². The summed E-state index contributed by atoms with van der Waals surface area (Å²) in [5.74, 6) is 0. The van der Waals surface area contributed by atoms with E-state index >= 15 is 0 Å². The summed E-state index contributed by atoms with van der Waals surface area (Å²) in [5.41, 5.74) is 10.9. The minimum atomic E-state index is -0.0318. The van der Waals surface area contributed by atoms with E-state index in [4.69, 9.17) is 0 Å². The Morgan fingerprint density at radius 3 is 1.16 bits per heavy atom. The van der Waals surface area contributed by atoms with Gasteiger partial charge in [-0.15, -0.1) is 0 Å². The first-order valence-corrected chi connectivity index (χ1v) is 16.3. The third-order valence-electron chi connectivity index (χ3n) is 10.7. The molecule has 0 spiro atoms. The fourth-order valence-electron chi connectivity index (χ4n) is 8.43. The fourth-order valence-corrected chi connectivity index (χ4v) is 8.43. The highest BCUT2D eigenvalue weighted by atomic mass is 14.4. The van der Waals surface area contributed by atoms with Gasteiger partial charge in [0.1, 0.15) is 0 Å². The van der Waals surface area contributed by atoms with Crippen molar-refractivity contribution in [1.29, 1.82) is 0 Å². The molecule has 0 heteroatoms. The van der Waals surface area contributed by atoms with Crippen molar-refractivity contribution in [3.8, 4) is 33.4 Å². The standard InChI is InChI=1S/C45H34/c1-3-45(4-2)43-27-31(41-25-29-13-5-7-15-33(29)35-17-9-11-19-37(35)41)21-23-39(43)40-24-22-32(28-44(40)45)42-26-30-14-6-8-16-34(30)36-18-10-12-20-38(36)42/h5-28H,3-4H2,1-2H3. The van der Waals surface area contributed by atoms with Crippen LogP contribution in [-0.4, -0.2) is 0 Å². The lowest BCUT2D eigenvalue weighted by Crippen LogP contribution is -2.23. The highest BCUT2D eigenvalue weighted by molar-refractivity contribution is 6.15. The van der Waals surface area contributed by atoms with Crippen LogP contribution < -0.4 is 0 Å². The second kappa shape index (κ2) is 9.91. The van der Waals surface area contributed by atoms with Crippen LogP contribution in [0.4, 0.5) is 0 Å². The summed E-state index contributed by atoms with van der Waals surface area (Å²) in [4.78, 5) is 0. The summed E-state index contributed by atoms with van der Waals surface area (Å²) in [7, 11) is 0. The third kappa shape index (κ3) is 3.72. The molecule has 0 nitrogen and oxygen atoms in total. The average Bonchev–Trinajstić information content (AvgIpc) is 3.39. The smallest absolute Gasteiger partial charge is 0.0210 e. The lowest BCUT2D eigenvalue weighted by molar-refractivity contribution is 0.491. The zero-order valence-electron chi connectivity index (χ0n) is 25.8. The zero-order chi connectivity index (χ0) is 30.1. The highest BCUT2D eigenvalue weighted by Gasteiger charge is 2.41. The minimum absolute atomic E-state index is 0.0318. The Balaban J connectivity index is 1.25. The van der Waals surface area contributed by atoms with E-state index in [0.29, 0.717) is 0 Å². The number of fused-ring (bicyclic) bond motifs is 9. The van der Waals surface area contributed by atoms with E-state index in [1.54, 1.807) is 0 Å². The van der Waals surface area contributed by atoms with Crippen molar-refractivity contribution < 1.29 is 0 Å². The largest absolute Gasteiger partial charge is 0.0642 e. The minimum Gasteiger partial charge on any atom is -0.0642 e. The molecule has 0 saturated heterocycles. The van der Waals surface area contributed by atoms with Gasteiger partial charge in [-0.3, -0.25) is 0 Å². The van der Waals surface area contributed by atoms with Crippen molar-refractivity contribution in [2.45, 2.75) is 32.1 Å². The Bertz CT molecular complexity index is 2280. The summed E-state index contributed by atoms with van der Waals surface area (Å²) in [6.45, 7) is 4.75. The van der Waals surface area contributed by atoms with E-state index in [2.05, 4.69) is 159 Å². The molecule has 1 aliphatic carbocycles. The second-order valence-corrected chi connectivity index (χ2v) is 12.7. The summed E-state index contributed by atoms with van der Waals surface area (Å²) in [6.07, 6.45) is 2.13. The van der Waals surface area contributed by atoms with E-state index < -0.39 is 0 Å². The van der Waals surface area contributed by atoms with Crippen LogP contribution in [0.3, 0.4) is 0 Å². The monoisotopic (exact) mass is 574 g/mol. The molecule has 45 heavy (non-hydrogen) atoms. The molecule has 0 heterocycles. The number of hydrogen-bond donors (Lipinski definition) is 0. The molecule has 0 saturated carbocycles. The summed E-state index contributed by atoms with van der Waals surface area (Å²) >= 11 is 0. The van der Waals surface area contributed by atoms with Crippen LogP contribution in [0.25, 0.3) is 76.5 Å². The van der Waals surface area contributed by atoms with Gasteiger partial charge in [-0.1, -0.05) is 135 Å². The second-order valence-electron chi connectivity index (χ2n) is 12.7. The number of rotatable bonds is 4. The van der Waals surface area contributed by atoms with Gasteiger partial charge in [0.2, 0.25) is 0 Å². The highest BCUT2D eigenvalue weighted by Crippen LogP contribution is 2.55. The van der Waals surface area contributed by atoms with Crippen molar-refractivity contribution in [3.05, 3.63) is 157 Å². The first-order chi connectivity index (χ1) is 22.2. The van der Waals surface area contributed by atoms with Crippen LogP contribution in [0.2, 0.25) is 0 Å². The van der Waals surface area contributed by atoms with Gasteiger partial charge in [-0.25, -0.2) is 0 Å². The van der Waals surface area contributed by atoms with Crippen LogP contribution in [-0.2, 0) is 5.41 Å². The maximum Gasteiger partial charge on any atom is 0.0210 e. The summed E-state index contributed by atoms with van der Waals surface area (Å²) < 4.78 is 0. The van der Waals surface area contributed by atoms with E-state index in [9.17, 15) is 0 Å². The molecule has 0 fully saturated rings. The Hall–Kier alpha value is -5.20. The fraction of sp³-hybridized carbons (Fsp3) is 0.111. The third-order valence-corrected chi connectivity index (χ3v) is 10.7. The Labute approximate surface area is 264 Å². The maximum absolute atomic E-state index is 2.52. The molecular weight excluding hydrogens is 540 g/mol. The Morgan fingerprint density at radius 1 is 0.356 bits per heavy atom. The molecule has 214 valence electrons. The van der Waals surface area contributed by atoms with Gasteiger partial charge in [0.25, 0.3) is 0 Å². The molecule has 0 aromatic heterocycles. The van der Waals surface area contributed by atoms with Gasteiger partial charge < -0.3 is 0 Å². The lowest BCUT2D eigenvalue weighted by Gasteiger charge is -2.30. The van der Waals surface area contributed by atoms with Crippen molar-refractivity contribution >= 4 is 43.1 Å². The van der Waals surface area contributed by atoms with Crippen LogP contribution in [0, 0.1) is 0 Å². The van der Waals surface area contributed by atoms with Gasteiger partial charge in [0.15, 0.2) is 0 Å². The molecule has 0 amide bonds. The van der Waals surface area contributed by atoms with E-state index in [-0.39, 0.29) is 5.41 Å². The summed E-state index contributed by atoms with van der Waals surface area (Å²) in [5, 5.41) is 10.5. The maximum atomic E-state index is 2.52. The Kier molecular flexibility index (Phi) is 5.77. The van der Waals surface area contributed by atoms with Crippen molar-refractivity contribution in [2.24, 2.45) is 0 Å². The van der Waals surface area contributed by atoms with Crippen LogP contribution >= 0.6 is 0 Å². The normalized spacial score (nSPS) is 13.5. The molecule has 0 bridgehead atoms. The van der Waals surface area contributed by atoms with Crippen LogP contribution in [0.15, 0.2) is 146 Å². The van der Waals surface area contributed by atoms with Gasteiger partial charge in [-0.05, 0) is 125 Å². The van der Waals surface area contributed by atoms with Gasteiger partial charge in [0.05, 0.1) is 0 Å². The molecular formula is C45H34. The average molecular weight is 575 g/mol. The molecule has 8 aromatic rings. The van der Waals surface area contributed by atoms with Gasteiger partial charge in [-0.2, -0.15) is 0 Å². The quantitative estimate of drug-likeness (QED) is 0.183. The first-order valence-electron chi connectivity index (χ1n) is 16.3. The van der Waals surface area contributed by atoms with Crippen LogP contribution in [0.5, 0.6) is 0 Å². The first kappa shape index (κ1) is 26.2. The van der Waals surface area contributed by atoms with Crippen molar-refractivity contribution in [3.63, 3.8) is 0 Å². The zero-order valence-corrected chi connectivity index (χ0v) is 25.8. The number of hydrogen-bond acceptors (Lipinski definition) is 0. The molecule has 0 unspecified atom stereocenters. The van der Waals surface area contributed by atoms with Gasteiger partial charge in [0, 0.05) is 5.41 Å². The topological polar surface area (TPSA) is 0 Å². The molecule has 9 rings (SSSR count). The Morgan fingerprint density at radius 2 is 0.733 bits per heavy atom. The van der Waals surface area contributed by atoms with Crippen LogP contribution in [0.1, 0.15) is 37.8 Å². The van der Waals surface area contributed by atoms with Gasteiger partial charge >= 0.3 is 0 Å². The molecule has 1 aliphatic rings. The van der Waals surface area contributed by atoms with Crippen molar-refractivity contribution in [2.75, 3.05) is 0 Å². The summed E-state index contributed by atoms with van der Waals surface area (Å²) in [6, 6.07) is 54.7.